The van der Waals surface area contributed by atoms with E-state index < -0.39 is 30.3 Å². The van der Waals surface area contributed by atoms with Gasteiger partial charge in [-0.3, -0.25) is 9.53 Å². The predicted molar refractivity (Wildman–Crippen MR) is 101 cm³/mol. The molecule has 3 rings (SSSR count). The number of alkyl halides is 3. The van der Waals surface area contributed by atoms with E-state index in [2.05, 4.69) is 20.3 Å². The second kappa shape index (κ2) is 10.5. The fourth-order valence-corrected chi connectivity index (χ4v) is 3.09. The zero-order valence-corrected chi connectivity index (χ0v) is 17.3. The van der Waals surface area contributed by atoms with Gasteiger partial charge in [0.05, 0.1) is 17.2 Å². The first-order valence-electron chi connectivity index (χ1n) is 9.68. The molecule has 1 aliphatic carbocycles. The molecule has 13 heteroatoms. The third-order valence-corrected chi connectivity index (χ3v) is 5.02. The second-order valence-electron chi connectivity index (χ2n) is 7.25. The summed E-state index contributed by atoms with van der Waals surface area (Å²) in [5, 5.41) is 20.1. The van der Waals surface area contributed by atoms with Gasteiger partial charge >= 0.3 is 6.36 Å². The Bertz CT molecular complexity index is 921. The highest BCUT2D eigenvalue weighted by atomic mass is 35.5. The van der Waals surface area contributed by atoms with Crippen LogP contribution < -0.4 is 10.1 Å². The van der Waals surface area contributed by atoms with Gasteiger partial charge in [0, 0.05) is 24.9 Å². The Balaban J connectivity index is 1.32. The van der Waals surface area contributed by atoms with E-state index in [1.165, 1.54) is 12.1 Å². The number of ether oxygens (including phenoxy) is 2. The number of amides is 1. The van der Waals surface area contributed by atoms with Gasteiger partial charge in [0.15, 0.2) is 6.61 Å². The van der Waals surface area contributed by atoms with E-state index in [9.17, 15) is 27.5 Å². The molecule has 1 aliphatic rings. The average molecular weight is 482 g/mol. The van der Waals surface area contributed by atoms with E-state index in [-0.39, 0.29) is 67.3 Å². The quantitative estimate of drug-likeness (QED) is 0.502. The molecule has 1 fully saturated rings. The molecule has 1 saturated carbocycles. The first-order valence-corrected chi connectivity index (χ1v) is 10.1. The van der Waals surface area contributed by atoms with E-state index in [4.69, 9.17) is 20.8 Å². The third kappa shape index (κ3) is 7.31. The SMILES string of the molecule is O=C(COc1ccc(Cl)c(F)c1)NCC(O)CCc1nnc(C2CC(OC(F)(F)F)C2)o1. The largest absolute Gasteiger partial charge is 0.522 e. The van der Waals surface area contributed by atoms with Crippen molar-refractivity contribution in [2.24, 2.45) is 0 Å². The van der Waals surface area contributed by atoms with Crippen LogP contribution in [0.2, 0.25) is 5.02 Å². The van der Waals surface area contributed by atoms with Crippen LogP contribution in [0.4, 0.5) is 17.6 Å². The Labute approximate surface area is 184 Å². The Morgan fingerprint density at radius 2 is 2.09 bits per heavy atom. The normalized spacial score (nSPS) is 19.3. The lowest BCUT2D eigenvalue weighted by Gasteiger charge is -2.32. The minimum Gasteiger partial charge on any atom is -0.484 e. The monoisotopic (exact) mass is 481 g/mol. The van der Waals surface area contributed by atoms with Gasteiger partial charge in [0.1, 0.15) is 11.6 Å². The van der Waals surface area contributed by atoms with Crippen LogP contribution in [-0.4, -0.2) is 52.9 Å². The molecule has 1 heterocycles. The smallest absolute Gasteiger partial charge is 0.484 e. The van der Waals surface area contributed by atoms with Gasteiger partial charge in [-0.25, -0.2) is 4.39 Å². The van der Waals surface area contributed by atoms with Crippen LogP contribution in [0.1, 0.15) is 37.0 Å². The molecule has 176 valence electrons. The number of aliphatic hydroxyl groups is 1. The molecule has 1 amide bonds. The predicted octanol–water partition coefficient (Wildman–Crippen LogP) is 3.13. The molecule has 0 aliphatic heterocycles. The summed E-state index contributed by atoms with van der Waals surface area (Å²) in [6, 6.07) is 3.77. The number of aryl methyl sites for hydroxylation is 1. The molecule has 2 N–H and O–H groups in total. The lowest BCUT2D eigenvalue weighted by Crippen LogP contribution is -2.35. The van der Waals surface area contributed by atoms with Crippen LogP contribution >= 0.6 is 11.6 Å². The first-order chi connectivity index (χ1) is 15.1. The summed E-state index contributed by atoms with van der Waals surface area (Å²) in [6.45, 7) is -0.432. The Morgan fingerprint density at radius 3 is 2.78 bits per heavy atom. The average Bonchev–Trinajstić information content (AvgIpc) is 3.16. The van der Waals surface area contributed by atoms with E-state index in [1.54, 1.807) is 0 Å². The van der Waals surface area contributed by atoms with Gasteiger partial charge in [-0.1, -0.05) is 11.6 Å². The van der Waals surface area contributed by atoms with Crippen LogP contribution in [-0.2, 0) is 16.0 Å². The maximum Gasteiger partial charge on any atom is 0.522 e. The maximum absolute atomic E-state index is 13.3. The summed E-state index contributed by atoms with van der Waals surface area (Å²) in [6.07, 6.45) is -5.78. The van der Waals surface area contributed by atoms with Crippen LogP contribution in [0.15, 0.2) is 22.6 Å². The van der Waals surface area contributed by atoms with Crippen LogP contribution in [0.25, 0.3) is 0 Å². The number of nitrogens with zero attached hydrogens (tertiary/aromatic N) is 2. The van der Waals surface area contributed by atoms with E-state index in [0.29, 0.717) is 0 Å². The Kier molecular flexibility index (Phi) is 7.91. The molecule has 0 radical (unpaired) electrons. The van der Waals surface area contributed by atoms with Crippen molar-refractivity contribution in [2.75, 3.05) is 13.2 Å². The van der Waals surface area contributed by atoms with Crippen molar-refractivity contribution in [3.05, 3.63) is 40.8 Å². The number of rotatable bonds is 10. The van der Waals surface area contributed by atoms with Crippen LogP contribution in [0.5, 0.6) is 5.75 Å². The number of halogens is 5. The van der Waals surface area contributed by atoms with Gasteiger partial charge in [-0.15, -0.1) is 23.4 Å². The minimum atomic E-state index is -4.67. The van der Waals surface area contributed by atoms with Crippen LogP contribution in [0.3, 0.4) is 0 Å². The molecule has 0 saturated heterocycles. The molecule has 0 bridgehead atoms. The fraction of sp³-hybridized carbons (Fsp3) is 0.526. The molecule has 32 heavy (non-hydrogen) atoms. The summed E-state index contributed by atoms with van der Waals surface area (Å²) >= 11 is 5.56. The number of hydrogen-bond donors (Lipinski definition) is 2. The molecule has 1 atom stereocenters. The number of benzene rings is 1. The van der Waals surface area contributed by atoms with Crippen molar-refractivity contribution in [3.63, 3.8) is 0 Å². The van der Waals surface area contributed by atoms with E-state index in [1.807, 2.05) is 0 Å². The van der Waals surface area contributed by atoms with Crippen molar-refractivity contribution < 1.29 is 41.4 Å². The third-order valence-electron chi connectivity index (χ3n) is 4.71. The number of carbonyl (C=O) groups excluding carboxylic acids is 1. The highest BCUT2D eigenvalue weighted by Crippen LogP contribution is 2.40. The summed E-state index contributed by atoms with van der Waals surface area (Å²) in [5.74, 6) is -0.866. The maximum atomic E-state index is 13.3. The molecular weight excluding hydrogens is 462 g/mol. The Morgan fingerprint density at radius 1 is 1.34 bits per heavy atom. The summed E-state index contributed by atoms with van der Waals surface area (Å²) in [7, 11) is 0. The molecule has 2 aromatic rings. The van der Waals surface area contributed by atoms with Gasteiger partial charge in [-0.05, 0) is 31.4 Å². The van der Waals surface area contributed by atoms with Crippen molar-refractivity contribution in [2.45, 2.75) is 50.2 Å². The van der Waals surface area contributed by atoms with Gasteiger partial charge in [0.25, 0.3) is 5.91 Å². The summed E-state index contributed by atoms with van der Waals surface area (Å²) in [4.78, 5) is 11.8. The molecule has 1 aromatic heterocycles. The van der Waals surface area contributed by atoms with E-state index in [0.717, 1.165) is 6.07 Å². The topological polar surface area (TPSA) is 107 Å². The standard InChI is InChI=1S/C19H20ClF4N3O5/c20-14-3-2-12(7-15(14)21)30-9-16(29)25-8-11(28)1-4-17-26-27-18(31-17)10-5-13(6-10)32-19(22,23)24/h2-3,7,10-11,13,28H,1,4-6,8-9H2,(H,25,29). The number of aliphatic hydroxyl groups excluding tert-OH is 1. The highest BCUT2D eigenvalue weighted by Gasteiger charge is 2.42. The first kappa shape index (κ1) is 24.2. The lowest BCUT2D eigenvalue weighted by atomic mass is 9.82. The zero-order valence-electron chi connectivity index (χ0n) is 16.6. The lowest BCUT2D eigenvalue weighted by molar-refractivity contribution is -0.352. The molecule has 0 spiro atoms. The summed E-state index contributed by atoms with van der Waals surface area (Å²) < 4.78 is 64.3. The number of hydrogen-bond acceptors (Lipinski definition) is 7. The van der Waals surface area contributed by atoms with Crippen molar-refractivity contribution in [1.29, 1.82) is 0 Å². The van der Waals surface area contributed by atoms with Gasteiger partial charge in [-0.2, -0.15) is 0 Å². The molecule has 1 unspecified atom stereocenters. The molecule has 8 nitrogen and oxygen atoms in total. The van der Waals surface area contributed by atoms with Crippen molar-refractivity contribution in [1.82, 2.24) is 15.5 Å². The Hall–Kier alpha value is -2.44. The van der Waals surface area contributed by atoms with Crippen LogP contribution in [0, 0.1) is 5.82 Å². The van der Waals surface area contributed by atoms with Gasteiger partial charge in [0.2, 0.25) is 11.8 Å². The van der Waals surface area contributed by atoms with E-state index >= 15 is 0 Å². The zero-order chi connectivity index (χ0) is 23.3. The number of carbonyl (C=O) groups is 1. The van der Waals surface area contributed by atoms with Gasteiger partial charge < -0.3 is 19.6 Å². The molecule has 1 aromatic carbocycles. The second-order valence-corrected chi connectivity index (χ2v) is 7.66. The van der Waals surface area contributed by atoms with Crippen molar-refractivity contribution >= 4 is 17.5 Å². The molecular formula is C19H20ClF4N3O5. The number of nitrogens with one attached hydrogen (secondary N) is 1. The minimum absolute atomic E-state index is 0.0583. The number of aromatic nitrogens is 2. The fourth-order valence-electron chi connectivity index (χ4n) is 2.98. The highest BCUT2D eigenvalue weighted by molar-refractivity contribution is 6.30. The van der Waals surface area contributed by atoms with Crippen molar-refractivity contribution in [3.8, 4) is 5.75 Å². The summed E-state index contributed by atoms with van der Waals surface area (Å²) in [5.41, 5.74) is 0.